The van der Waals surface area contributed by atoms with Gasteiger partial charge in [0.2, 0.25) is 9.04 Å². The number of rotatable bonds is 3. The zero-order chi connectivity index (χ0) is 7.49. The molecular formula is C6H15OPtSi2. The molecule has 0 N–H and O–H groups in total. The molecule has 0 unspecified atom stereocenters. The second kappa shape index (κ2) is 5.47. The first kappa shape index (κ1) is 13.4. The van der Waals surface area contributed by atoms with E-state index in [2.05, 4.69) is 32.8 Å². The Labute approximate surface area is 81.0 Å². The standard InChI is InChI=1S/C6H15OSi2.Pt/c1-6-8(2)7-9(3,4)5;/h6H,1H2,2-5H3;. The molecule has 0 aliphatic carbocycles. The Hall–Kier alpha value is 0.822. The van der Waals surface area contributed by atoms with Crippen molar-refractivity contribution in [3.05, 3.63) is 12.3 Å². The van der Waals surface area contributed by atoms with E-state index in [1.165, 1.54) is 0 Å². The molecule has 0 saturated heterocycles. The van der Waals surface area contributed by atoms with Gasteiger partial charge in [-0.05, 0) is 26.2 Å². The van der Waals surface area contributed by atoms with E-state index in [0.717, 1.165) is 0 Å². The molecule has 0 fully saturated rings. The topological polar surface area (TPSA) is 9.23 Å². The van der Waals surface area contributed by atoms with Crippen LogP contribution in [-0.2, 0) is 25.2 Å². The van der Waals surface area contributed by atoms with E-state index in [-0.39, 0.29) is 21.1 Å². The van der Waals surface area contributed by atoms with Gasteiger partial charge in [-0.3, -0.25) is 0 Å². The van der Waals surface area contributed by atoms with Crippen molar-refractivity contribution in [1.29, 1.82) is 0 Å². The van der Waals surface area contributed by atoms with Gasteiger partial charge in [-0.2, -0.15) is 0 Å². The van der Waals surface area contributed by atoms with Crippen LogP contribution in [0.3, 0.4) is 0 Å². The molecule has 1 nitrogen and oxygen atoms in total. The largest absolute Gasteiger partial charge is 0.453 e. The first-order valence-corrected chi connectivity index (χ1v) is 8.50. The molecule has 4 heteroatoms. The predicted octanol–water partition coefficient (Wildman–Crippen LogP) is 2.18. The molecule has 1 radical (unpaired) electrons. The average molecular weight is 354 g/mol. The van der Waals surface area contributed by atoms with Gasteiger partial charge in [0.15, 0.2) is 8.32 Å². The maximum Gasteiger partial charge on any atom is 0.223 e. The summed E-state index contributed by atoms with van der Waals surface area (Å²) in [5.74, 6) is 0. The minimum Gasteiger partial charge on any atom is -0.453 e. The van der Waals surface area contributed by atoms with E-state index in [0.29, 0.717) is 0 Å². The summed E-state index contributed by atoms with van der Waals surface area (Å²) in [5.41, 5.74) is 1.93. The zero-order valence-electron chi connectivity index (χ0n) is 7.01. The van der Waals surface area contributed by atoms with Crippen molar-refractivity contribution in [1.82, 2.24) is 0 Å². The van der Waals surface area contributed by atoms with Crippen LogP contribution >= 0.6 is 0 Å². The van der Waals surface area contributed by atoms with Gasteiger partial charge in [-0.15, -0.1) is 6.58 Å². The molecule has 0 rings (SSSR count). The minimum atomic E-state index is -1.27. The molecule has 0 spiro atoms. The van der Waals surface area contributed by atoms with Crippen molar-refractivity contribution < 1.29 is 25.2 Å². The van der Waals surface area contributed by atoms with Crippen molar-refractivity contribution in [2.75, 3.05) is 0 Å². The summed E-state index contributed by atoms with van der Waals surface area (Å²) in [7, 11) is -1.93. The van der Waals surface area contributed by atoms with Gasteiger partial charge in [0.25, 0.3) is 0 Å². The molecule has 0 aliphatic heterocycles. The maximum absolute atomic E-state index is 5.71. The van der Waals surface area contributed by atoms with E-state index in [1.54, 1.807) is 0 Å². The average Bonchev–Trinajstić information content (AvgIpc) is 1.62. The Bertz CT molecular complexity index is 100. The fourth-order valence-electron chi connectivity index (χ4n) is 0.525. The first-order chi connectivity index (χ1) is 3.95. The summed E-state index contributed by atoms with van der Waals surface area (Å²) in [5, 5.41) is 0. The van der Waals surface area contributed by atoms with Gasteiger partial charge in [0, 0.05) is 21.1 Å². The Kier molecular flexibility index (Phi) is 7.34. The molecule has 0 atom stereocenters. The van der Waals surface area contributed by atoms with E-state index in [4.69, 9.17) is 4.12 Å². The third-order valence-electron chi connectivity index (χ3n) is 0.755. The van der Waals surface area contributed by atoms with Crippen molar-refractivity contribution >= 4 is 17.4 Å². The summed E-state index contributed by atoms with van der Waals surface area (Å²) in [4.78, 5) is 0. The molecular weight excluding hydrogens is 339 g/mol. The third kappa shape index (κ3) is 8.82. The van der Waals surface area contributed by atoms with Crippen molar-refractivity contribution in [2.24, 2.45) is 0 Å². The minimum absolute atomic E-state index is 0. The fourth-order valence-corrected chi connectivity index (χ4v) is 4.72. The normalized spacial score (nSPS) is 10.9. The van der Waals surface area contributed by atoms with Crippen LogP contribution in [-0.4, -0.2) is 17.4 Å². The van der Waals surface area contributed by atoms with Crippen LogP contribution in [0, 0.1) is 0 Å². The van der Waals surface area contributed by atoms with Crippen LogP contribution in [0.15, 0.2) is 12.3 Å². The fraction of sp³-hybridized carbons (Fsp3) is 0.667. The Morgan fingerprint density at radius 2 is 1.80 bits per heavy atom. The third-order valence-corrected chi connectivity index (χ3v) is 5.07. The molecule has 63 valence electrons. The quantitative estimate of drug-likeness (QED) is 0.706. The second-order valence-corrected chi connectivity index (χ2v) is 9.70. The van der Waals surface area contributed by atoms with Gasteiger partial charge in [0.05, 0.1) is 0 Å². The van der Waals surface area contributed by atoms with Crippen molar-refractivity contribution in [2.45, 2.75) is 26.2 Å². The van der Waals surface area contributed by atoms with E-state index >= 15 is 0 Å². The van der Waals surface area contributed by atoms with Gasteiger partial charge in [0.1, 0.15) is 0 Å². The second-order valence-electron chi connectivity index (χ2n) is 3.03. The van der Waals surface area contributed by atoms with Crippen LogP contribution < -0.4 is 0 Å². The number of hydrogen-bond acceptors (Lipinski definition) is 1. The van der Waals surface area contributed by atoms with Gasteiger partial charge < -0.3 is 4.12 Å². The van der Waals surface area contributed by atoms with E-state index in [9.17, 15) is 0 Å². The maximum atomic E-state index is 5.71. The summed E-state index contributed by atoms with van der Waals surface area (Å²) < 4.78 is 5.71. The summed E-state index contributed by atoms with van der Waals surface area (Å²) in [6.07, 6.45) is 0. The SMILES string of the molecule is C=C[Si](C)O[Si](C)(C)C.[Pt]. The summed E-state index contributed by atoms with van der Waals surface area (Å²) in [6.45, 7) is 12.4. The molecule has 0 aromatic carbocycles. The summed E-state index contributed by atoms with van der Waals surface area (Å²) >= 11 is 0. The summed E-state index contributed by atoms with van der Waals surface area (Å²) in [6, 6.07) is 0. The molecule has 0 aromatic rings. The van der Waals surface area contributed by atoms with Crippen LogP contribution in [0.4, 0.5) is 0 Å². The monoisotopic (exact) mass is 354 g/mol. The van der Waals surface area contributed by atoms with E-state index < -0.39 is 17.4 Å². The molecule has 0 amide bonds. The Morgan fingerprint density at radius 1 is 1.40 bits per heavy atom. The van der Waals surface area contributed by atoms with Gasteiger partial charge >= 0.3 is 0 Å². The molecule has 0 aromatic heterocycles. The van der Waals surface area contributed by atoms with Crippen LogP contribution in [0.25, 0.3) is 0 Å². The van der Waals surface area contributed by atoms with Crippen molar-refractivity contribution in [3.8, 4) is 0 Å². The zero-order valence-corrected chi connectivity index (χ0v) is 11.3. The van der Waals surface area contributed by atoms with Crippen LogP contribution in [0.2, 0.25) is 26.2 Å². The molecule has 10 heavy (non-hydrogen) atoms. The predicted molar refractivity (Wildman–Crippen MR) is 46.2 cm³/mol. The van der Waals surface area contributed by atoms with Crippen LogP contribution in [0.5, 0.6) is 0 Å². The first-order valence-electron chi connectivity index (χ1n) is 3.11. The molecule has 0 bridgehead atoms. The number of hydrogen-bond donors (Lipinski definition) is 0. The molecule has 0 aliphatic rings. The van der Waals surface area contributed by atoms with Crippen molar-refractivity contribution in [3.63, 3.8) is 0 Å². The van der Waals surface area contributed by atoms with Gasteiger partial charge in [-0.1, -0.05) is 5.70 Å². The molecule has 0 heterocycles. The van der Waals surface area contributed by atoms with Gasteiger partial charge in [-0.25, -0.2) is 0 Å². The molecule has 0 saturated carbocycles. The Balaban J connectivity index is 0. The smallest absolute Gasteiger partial charge is 0.223 e. The van der Waals surface area contributed by atoms with Crippen LogP contribution in [0.1, 0.15) is 0 Å². The van der Waals surface area contributed by atoms with E-state index in [1.807, 2.05) is 5.70 Å². The Morgan fingerprint density at radius 3 is 1.90 bits per heavy atom.